The maximum Gasteiger partial charge on any atom is 0.328 e. The van der Waals surface area contributed by atoms with Gasteiger partial charge in [0, 0.05) is 0 Å². The van der Waals surface area contributed by atoms with Crippen molar-refractivity contribution in [1.29, 1.82) is 0 Å². The van der Waals surface area contributed by atoms with Gasteiger partial charge in [0.15, 0.2) is 0 Å². The average molecular weight is 215 g/mol. The molecule has 1 rings (SSSR count). The summed E-state index contributed by atoms with van der Waals surface area (Å²) in [5, 5.41) is 0. The summed E-state index contributed by atoms with van der Waals surface area (Å²) in [6.07, 6.45) is 4.87. The molecule has 1 fully saturated rings. The number of hydrogen-bond donors (Lipinski definition) is 1. The van der Waals surface area contributed by atoms with Gasteiger partial charge in [0.2, 0.25) is 0 Å². The molecule has 4 heteroatoms. The highest BCUT2D eigenvalue weighted by Gasteiger charge is 2.31. The van der Waals surface area contributed by atoms with E-state index in [1.54, 1.807) is 13.8 Å². The fourth-order valence-corrected chi connectivity index (χ4v) is 1.70. The maximum atomic E-state index is 11.4. The highest BCUT2D eigenvalue weighted by molar-refractivity contribution is 5.80. The van der Waals surface area contributed by atoms with Gasteiger partial charge in [0.25, 0.3) is 0 Å². The van der Waals surface area contributed by atoms with Crippen LogP contribution in [0.4, 0.5) is 0 Å². The van der Waals surface area contributed by atoms with Crippen molar-refractivity contribution in [2.24, 2.45) is 5.73 Å². The summed E-state index contributed by atoms with van der Waals surface area (Å²) in [6.45, 7) is 4.03. The van der Waals surface area contributed by atoms with Crippen LogP contribution in [0.3, 0.4) is 0 Å². The van der Waals surface area contributed by atoms with Crippen LogP contribution in [0.15, 0.2) is 0 Å². The molecule has 1 saturated carbocycles. The largest absolute Gasteiger partial charge is 0.465 e. The Morgan fingerprint density at radius 3 is 2.60 bits per heavy atom. The van der Waals surface area contributed by atoms with Gasteiger partial charge >= 0.3 is 5.97 Å². The van der Waals surface area contributed by atoms with Crippen molar-refractivity contribution in [3.63, 3.8) is 0 Å². The van der Waals surface area contributed by atoms with E-state index >= 15 is 0 Å². The van der Waals surface area contributed by atoms with E-state index in [2.05, 4.69) is 0 Å². The van der Waals surface area contributed by atoms with Crippen molar-refractivity contribution in [2.75, 3.05) is 13.2 Å². The number of carbonyl (C=O) groups is 1. The molecule has 0 aromatic heterocycles. The van der Waals surface area contributed by atoms with Crippen molar-refractivity contribution in [3.05, 3.63) is 0 Å². The summed E-state index contributed by atoms with van der Waals surface area (Å²) in [6, 6.07) is 0. The molecular weight excluding hydrogens is 194 g/mol. The molecule has 0 amide bonds. The van der Waals surface area contributed by atoms with Gasteiger partial charge in [0.1, 0.15) is 5.54 Å². The Hall–Kier alpha value is -0.610. The SMILES string of the molecule is CCOC(=O)C(C)(N)COC1CCCC1. The predicted octanol–water partition coefficient (Wildman–Crippen LogP) is 1.23. The first-order valence-electron chi connectivity index (χ1n) is 5.64. The van der Waals surface area contributed by atoms with Gasteiger partial charge in [-0.1, -0.05) is 12.8 Å². The Balaban J connectivity index is 2.30. The van der Waals surface area contributed by atoms with Crippen LogP contribution in [0.1, 0.15) is 39.5 Å². The quantitative estimate of drug-likeness (QED) is 0.701. The molecule has 0 saturated heterocycles. The minimum absolute atomic E-state index is 0.247. The second kappa shape index (κ2) is 5.47. The van der Waals surface area contributed by atoms with Crippen LogP contribution in [-0.2, 0) is 14.3 Å². The molecule has 0 radical (unpaired) electrons. The average Bonchev–Trinajstić information content (AvgIpc) is 2.68. The number of ether oxygens (including phenoxy) is 2. The molecule has 1 aliphatic rings. The Kier molecular flexibility index (Phi) is 4.54. The summed E-state index contributed by atoms with van der Waals surface area (Å²) in [7, 11) is 0. The normalized spacial score (nSPS) is 21.3. The van der Waals surface area contributed by atoms with Crippen molar-refractivity contribution < 1.29 is 14.3 Å². The minimum Gasteiger partial charge on any atom is -0.465 e. The van der Waals surface area contributed by atoms with Crippen LogP contribution >= 0.6 is 0 Å². The molecule has 0 aromatic carbocycles. The minimum atomic E-state index is -1.02. The Morgan fingerprint density at radius 2 is 2.07 bits per heavy atom. The fraction of sp³-hybridized carbons (Fsp3) is 0.909. The summed E-state index contributed by atoms with van der Waals surface area (Å²) in [4.78, 5) is 11.4. The maximum absolute atomic E-state index is 11.4. The molecule has 15 heavy (non-hydrogen) atoms. The van der Waals surface area contributed by atoms with Crippen LogP contribution in [0.25, 0.3) is 0 Å². The smallest absolute Gasteiger partial charge is 0.328 e. The van der Waals surface area contributed by atoms with Crippen LogP contribution < -0.4 is 5.73 Å². The molecule has 1 unspecified atom stereocenters. The first-order chi connectivity index (χ1) is 7.06. The van der Waals surface area contributed by atoms with Crippen LogP contribution in [0, 0.1) is 0 Å². The Labute approximate surface area is 91.1 Å². The second-order valence-electron chi connectivity index (χ2n) is 4.36. The summed E-state index contributed by atoms with van der Waals surface area (Å²) >= 11 is 0. The van der Waals surface area contributed by atoms with Gasteiger partial charge in [-0.15, -0.1) is 0 Å². The zero-order valence-electron chi connectivity index (χ0n) is 9.62. The molecule has 0 aliphatic heterocycles. The first kappa shape index (κ1) is 12.5. The lowest BCUT2D eigenvalue weighted by molar-refractivity contribution is -0.152. The lowest BCUT2D eigenvalue weighted by Gasteiger charge is -2.24. The lowest BCUT2D eigenvalue weighted by Crippen LogP contribution is -2.50. The molecular formula is C11H21NO3. The molecule has 0 bridgehead atoms. The first-order valence-corrected chi connectivity index (χ1v) is 5.64. The highest BCUT2D eigenvalue weighted by atomic mass is 16.5. The standard InChI is InChI=1S/C11H21NO3/c1-3-14-10(13)11(2,12)8-15-9-6-4-5-7-9/h9H,3-8,12H2,1-2H3. The predicted molar refractivity (Wildman–Crippen MR) is 57.4 cm³/mol. The third-order valence-corrected chi connectivity index (χ3v) is 2.66. The number of nitrogens with two attached hydrogens (primary N) is 1. The monoisotopic (exact) mass is 215 g/mol. The molecule has 0 heterocycles. The molecule has 0 spiro atoms. The Morgan fingerprint density at radius 1 is 1.47 bits per heavy atom. The molecule has 1 aliphatic carbocycles. The van der Waals surface area contributed by atoms with E-state index in [0.717, 1.165) is 12.8 Å². The van der Waals surface area contributed by atoms with Crippen LogP contribution in [-0.4, -0.2) is 30.8 Å². The van der Waals surface area contributed by atoms with Crippen LogP contribution in [0.2, 0.25) is 0 Å². The van der Waals surface area contributed by atoms with Crippen molar-refractivity contribution in [3.8, 4) is 0 Å². The van der Waals surface area contributed by atoms with E-state index < -0.39 is 5.54 Å². The van der Waals surface area contributed by atoms with E-state index in [1.807, 2.05) is 0 Å². The molecule has 1 atom stereocenters. The lowest BCUT2D eigenvalue weighted by atomic mass is 10.1. The number of esters is 1. The second-order valence-corrected chi connectivity index (χ2v) is 4.36. The number of rotatable bonds is 5. The fourth-order valence-electron chi connectivity index (χ4n) is 1.70. The number of hydrogen-bond acceptors (Lipinski definition) is 4. The van der Waals surface area contributed by atoms with Gasteiger partial charge in [-0.3, -0.25) is 0 Å². The molecule has 2 N–H and O–H groups in total. The van der Waals surface area contributed by atoms with E-state index in [9.17, 15) is 4.79 Å². The van der Waals surface area contributed by atoms with Crippen molar-refractivity contribution in [2.45, 2.75) is 51.2 Å². The third kappa shape index (κ3) is 3.80. The van der Waals surface area contributed by atoms with E-state index in [4.69, 9.17) is 15.2 Å². The van der Waals surface area contributed by atoms with Gasteiger partial charge in [-0.25, -0.2) is 4.79 Å². The van der Waals surface area contributed by atoms with Crippen molar-refractivity contribution in [1.82, 2.24) is 0 Å². The van der Waals surface area contributed by atoms with E-state index in [-0.39, 0.29) is 18.7 Å². The van der Waals surface area contributed by atoms with E-state index in [0.29, 0.717) is 6.61 Å². The molecule has 0 aromatic rings. The van der Waals surface area contributed by atoms with Gasteiger partial charge < -0.3 is 15.2 Å². The highest BCUT2D eigenvalue weighted by Crippen LogP contribution is 2.21. The van der Waals surface area contributed by atoms with Crippen LogP contribution in [0.5, 0.6) is 0 Å². The molecule has 4 nitrogen and oxygen atoms in total. The third-order valence-electron chi connectivity index (χ3n) is 2.66. The van der Waals surface area contributed by atoms with Crippen molar-refractivity contribution >= 4 is 5.97 Å². The van der Waals surface area contributed by atoms with E-state index in [1.165, 1.54) is 12.8 Å². The summed E-state index contributed by atoms with van der Waals surface area (Å²) < 4.78 is 10.5. The summed E-state index contributed by atoms with van der Waals surface area (Å²) in [5.41, 5.74) is 4.81. The van der Waals surface area contributed by atoms with Gasteiger partial charge in [-0.2, -0.15) is 0 Å². The molecule has 88 valence electrons. The Bertz CT molecular complexity index is 210. The van der Waals surface area contributed by atoms with Gasteiger partial charge in [-0.05, 0) is 26.7 Å². The topological polar surface area (TPSA) is 61.5 Å². The number of carbonyl (C=O) groups excluding carboxylic acids is 1. The van der Waals surface area contributed by atoms with Gasteiger partial charge in [0.05, 0.1) is 19.3 Å². The zero-order chi connectivity index (χ0) is 11.3. The summed E-state index contributed by atoms with van der Waals surface area (Å²) in [5.74, 6) is -0.386. The zero-order valence-corrected chi connectivity index (χ0v) is 9.62.